The van der Waals surface area contributed by atoms with Gasteiger partial charge in [-0.1, -0.05) is 26.2 Å². The van der Waals surface area contributed by atoms with Gasteiger partial charge in [-0.3, -0.25) is 5.10 Å². The molecule has 12 heteroatoms. The molecule has 0 saturated heterocycles. The van der Waals surface area contributed by atoms with Crippen molar-refractivity contribution in [1.82, 2.24) is 45.2 Å². The molecule has 1 aliphatic rings. The number of pyridine rings is 2. The van der Waals surface area contributed by atoms with Gasteiger partial charge in [-0.2, -0.15) is 10.2 Å². The molecule has 6 aromatic rings. The van der Waals surface area contributed by atoms with E-state index in [-0.39, 0.29) is 0 Å². The van der Waals surface area contributed by atoms with Crippen LogP contribution >= 0.6 is 15.9 Å². The van der Waals surface area contributed by atoms with E-state index in [1.165, 1.54) is 44.9 Å². The summed E-state index contributed by atoms with van der Waals surface area (Å²) in [6.45, 7) is 2.31. The molecule has 2 unspecified atom stereocenters. The van der Waals surface area contributed by atoms with Crippen LogP contribution in [0.1, 0.15) is 39.0 Å². The van der Waals surface area contributed by atoms with Crippen LogP contribution < -0.4 is 5.32 Å². The van der Waals surface area contributed by atoms with Gasteiger partial charge in [0.15, 0.2) is 30.1 Å². The van der Waals surface area contributed by atoms with E-state index in [1.807, 2.05) is 42.6 Å². The molecule has 0 radical (unpaired) electrons. The summed E-state index contributed by atoms with van der Waals surface area (Å²) in [7, 11) is 2.10. The molecule has 1 saturated carbocycles. The van der Waals surface area contributed by atoms with Gasteiger partial charge < -0.3 is 14.2 Å². The maximum atomic E-state index is 5.18. The van der Waals surface area contributed by atoms with Crippen molar-refractivity contribution in [2.24, 2.45) is 5.92 Å². The molecule has 6 aromatic heterocycles. The fraction of sp³-hybridized carbons (Fsp3) is 0.290. The second-order valence-corrected chi connectivity index (χ2v) is 10.4. The number of hydrogen-bond acceptors (Lipinski definition) is 9. The summed E-state index contributed by atoms with van der Waals surface area (Å²) in [6.07, 6.45) is 23.7. The monoisotopic (exact) mass is 645 g/mol. The van der Waals surface area contributed by atoms with Gasteiger partial charge in [0.1, 0.15) is 4.60 Å². The Bertz CT molecular complexity index is 1410. The normalized spacial score (nSPS) is 15.6. The third-order valence-electron chi connectivity index (χ3n) is 6.86. The van der Waals surface area contributed by atoms with E-state index in [2.05, 4.69) is 70.5 Å². The first-order valence-corrected chi connectivity index (χ1v) is 14.9. The highest BCUT2D eigenvalue weighted by atomic mass is 79.9. The summed E-state index contributed by atoms with van der Waals surface area (Å²) in [5.74, 6) is 3.17. The number of oxazole rings is 2. The van der Waals surface area contributed by atoms with E-state index in [9.17, 15) is 0 Å². The van der Waals surface area contributed by atoms with Gasteiger partial charge in [-0.15, -0.1) is 0 Å². The van der Waals surface area contributed by atoms with E-state index < -0.39 is 0 Å². The predicted molar refractivity (Wildman–Crippen MR) is 168 cm³/mol. The van der Waals surface area contributed by atoms with Crippen LogP contribution in [0, 0.1) is 5.92 Å². The highest BCUT2D eigenvalue weighted by Crippen LogP contribution is 2.26. The van der Waals surface area contributed by atoms with Crippen LogP contribution in [-0.2, 0) is 0 Å². The van der Waals surface area contributed by atoms with Crippen molar-refractivity contribution in [2.45, 2.75) is 45.1 Å². The number of aromatic nitrogens is 8. The van der Waals surface area contributed by atoms with E-state index in [0.717, 1.165) is 39.3 Å². The second kappa shape index (κ2) is 17.5. The predicted octanol–water partition coefficient (Wildman–Crippen LogP) is 7.01. The lowest BCUT2D eigenvalue weighted by Gasteiger charge is -2.30. The number of hydrogen-bond donors (Lipinski definition) is 2. The Kier molecular flexibility index (Phi) is 12.8. The Hall–Kier alpha value is -4.42. The Morgan fingerprint density at radius 2 is 1.63 bits per heavy atom. The lowest BCUT2D eigenvalue weighted by Crippen LogP contribution is -2.35. The fourth-order valence-corrected chi connectivity index (χ4v) is 4.84. The lowest BCUT2D eigenvalue weighted by molar-refractivity contribution is 0.267. The average Bonchev–Trinajstić information content (AvgIpc) is 3.91. The van der Waals surface area contributed by atoms with E-state index in [4.69, 9.17) is 8.83 Å². The average molecular weight is 647 g/mol. The summed E-state index contributed by atoms with van der Waals surface area (Å²) in [4.78, 5) is 16.0. The van der Waals surface area contributed by atoms with Crippen LogP contribution in [0.25, 0.3) is 28.5 Å². The zero-order valence-electron chi connectivity index (χ0n) is 24.3. The number of nitrogens with zero attached hydrogens (tertiary/aromatic N) is 7. The number of halogens is 1. The number of H-pyrrole nitrogens is 1. The molecule has 0 spiro atoms. The van der Waals surface area contributed by atoms with Gasteiger partial charge in [0, 0.05) is 54.3 Å². The van der Waals surface area contributed by atoms with Gasteiger partial charge >= 0.3 is 0 Å². The Labute approximate surface area is 259 Å². The molecule has 43 heavy (non-hydrogen) atoms. The topological polar surface area (TPSA) is 136 Å². The third-order valence-corrected chi connectivity index (χ3v) is 7.33. The minimum atomic E-state index is 0.708. The molecular weight excluding hydrogens is 610 g/mol. The van der Waals surface area contributed by atoms with E-state index >= 15 is 0 Å². The summed E-state index contributed by atoms with van der Waals surface area (Å²) in [5.41, 5.74) is 1.82. The number of aromatic amines is 1. The molecule has 0 bridgehead atoms. The minimum absolute atomic E-state index is 0.708. The minimum Gasteiger partial charge on any atom is -0.443 e. The number of nitrogens with one attached hydrogen (secondary N) is 2. The molecule has 224 valence electrons. The van der Waals surface area contributed by atoms with Crippen LogP contribution in [0.15, 0.2) is 112 Å². The zero-order valence-corrected chi connectivity index (χ0v) is 25.8. The van der Waals surface area contributed by atoms with Gasteiger partial charge in [-0.05, 0) is 78.1 Å². The molecule has 0 aliphatic heterocycles. The highest BCUT2D eigenvalue weighted by Gasteiger charge is 2.21. The summed E-state index contributed by atoms with van der Waals surface area (Å²) < 4.78 is 12.8. The Balaban J connectivity index is 0.000000140. The van der Waals surface area contributed by atoms with Crippen molar-refractivity contribution in [1.29, 1.82) is 0 Å². The van der Waals surface area contributed by atoms with E-state index in [1.54, 1.807) is 48.1 Å². The molecule has 1 aliphatic carbocycles. The van der Waals surface area contributed by atoms with Crippen LogP contribution in [0.2, 0.25) is 0 Å². The molecule has 11 nitrogen and oxygen atoms in total. The molecule has 7 rings (SSSR count). The van der Waals surface area contributed by atoms with Gasteiger partial charge in [0.05, 0.1) is 12.4 Å². The summed E-state index contributed by atoms with van der Waals surface area (Å²) in [5, 5.41) is 13.7. The quantitative estimate of drug-likeness (QED) is 0.190. The Morgan fingerprint density at radius 1 is 0.907 bits per heavy atom. The fourth-order valence-electron chi connectivity index (χ4n) is 4.60. The molecule has 6 heterocycles. The van der Waals surface area contributed by atoms with Crippen molar-refractivity contribution < 1.29 is 8.83 Å². The molecule has 0 amide bonds. The van der Waals surface area contributed by atoms with Crippen LogP contribution in [0.3, 0.4) is 0 Å². The SMILES string of the molecule is Brc1ccc(-c2cnco2)cn1.CCC1CCCCC1NC.c1cn[nH]c1.c1cnn(-c2ccc(-c3cnco3)cn2)c1. The molecule has 2 N–H and O–H groups in total. The van der Waals surface area contributed by atoms with Crippen LogP contribution in [0.4, 0.5) is 0 Å². The Morgan fingerprint density at radius 3 is 2.07 bits per heavy atom. The van der Waals surface area contributed by atoms with Crippen molar-refractivity contribution in [3.8, 4) is 28.5 Å². The first-order chi connectivity index (χ1) is 21.2. The van der Waals surface area contributed by atoms with Gasteiger partial charge in [0.2, 0.25) is 0 Å². The van der Waals surface area contributed by atoms with Crippen molar-refractivity contribution in [3.05, 3.63) is 103 Å². The molecule has 0 aromatic carbocycles. The maximum absolute atomic E-state index is 5.18. The summed E-state index contributed by atoms with van der Waals surface area (Å²) >= 11 is 3.25. The van der Waals surface area contributed by atoms with Gasteiger partial charge in [-0.25, -0.2) is 24.6 Å². The maximum Gasteiger partial charge on any atom is 0.181 e. The molecule has 2 atom stereocenters. The molecule has 1 fully saturated rings. The first kappa shape index (κ1) is 31.5. The van der Waals surface area contributed by atoms with Gasteiger partial charge in [0.25, 0.3) is 0 Å². The van der Waals surface area contributed by atoms with Crippen LogP contribution in [-0.4, -0.2) is 53.0 Å². The standard InChI is InChI=1S/C11H8N4O.C9H19N.C8H5BrN2O.C3H4N2/c1-4-14-15(5-1)11-3-2-9(6-13-11)10-7-12-8-16-10;1-3-8-6-4-5-7-9(8)10-2;9-8-2-1-6(3-11-8)7-4-10-5-12-7;1-2-4-5-3-1/h1-8H;8-10H,3-7H2,1-2H3;1-5H;1-3H,(H,4,5). The zero-order chi connectivity index (χ0) is 30.1. The third kappa shape index (κ3) is 10.1. The second-order valence-electron chi connectivity index (χ2n) is 9.57. The number of rotatable bonds is 5. The van der Waals surface area contributed by atoms with E-state index in [0.29, 0.717) is 5.76 Å². The molecular formula is C31H36BrN9O2. The van der Waals surface area contributed by atoms with Crippen molar-refractivity contribution in [3.63, 3.8) is 0 Å². The largest absolute Gasteiger partial charge is 0.443 e. The lowest BCUT2D eigenvalue weighted by atomic mass is 9.83. The van der Waals surface area contributed by atoms with Crippen molar-refractivity contribution in [2.75, 3.05) is 7.05 Å². The smallest absolute Gasteiger partial charge is 0.181 e. The summed E-state index contributed by atoms with van der Waals surface area (Å²) in [6, 6.07) is 12.1. The highest BCUT2D eigenvalue weighted by molar-refractivity contribution is 9.10. The first-order valence-electron chi connectivity index (χ1n) is 14.1. The van der Waals surface area contributed by atoms with Crippen LogP contribution in [0.5, 0.6) is 0 Å². The van der Waals surface area contributed by atoms with Crippen molar-refractivity contribution >= 4 is 15.9 Å².